The molecule has 0 spiro atoms. The Labute approximate surface area is 155 Å². The Morgan fingerprint density at radius 3 is 2.52 bits per heavy atom. The van der Waals surface area contributed by atoms with Crippen molar-refractivity contribution in [3.63, 3.8) is 0 Å². The lowest BCUT2D eigenvalue weighted by Crippen LogP contribution is -2.15. The number of carbonyl (C=O) groups is 2. The molecule has 3 heterocycles. The Morgan fingerprint density at radius 1 is 1.11 bits per heavy atom. The van der Waals surface area contributed by atoms with E-state index in [9.17, 15) is 9.59 Å². The number of amides is 1. The molecule has 0 saturated heterocycles. The van der Waals surface area contributed by atoms with Gasteiger partial charge in [0.15, 0.2) is 22.9 Å². The third-order valence-corrected chi connectivity index (χ3v) is 4.48. The molecule has 1 amide bonds. The van der Waals surface area contributed by atoms with Crippen LogP contribution >= 0.6 is 0 Å². The van der Waals surface area contributed by atoms with E-state index in [0.29, 0.717) is 50.7 Å². The first-order valence-electron chi connectivity index (χ1n) is 8.42. The monoisotopic (exact) mass is 366 g/mol. The van der Waals surface area contributed by atoms with Crippen LogP contribution in [0.25, 0.3) is 11.0 Å². The number of ether oxygens (including phenoxy) is 2. The number of nitrogens with one attached hydrogen (secondary N) is 1. The zero-order chi connectivity index (χ0) is 19.3. The molecule has 0 aliphatic carbocycles. The molecule has 3 aromatic rings. The van der Waals surface area contributed by atoms with E-state index in [0.717, 1.165) is 0 Å². The molecule has 1 aliphatic heterocycles. The van der Waals surface area contributed by atoms with Crippen molar-refractivity contribution in [3.8, 4) is 11.5 Å². The maximum absolute atomic E-state index is 13.1. The molecule has 0 atom stereocenters. The molecular formula is C19H18N4O4. The average Bonchev–Trinajstić information content (AvgIpc) is 3.17. The number of anilines is 1. The molecule has 4 rings (SSSR count). The van der Waals surface area contributed by atoms with Crippen LogP contribution in [-0.2, 0) is 7.05 Å². The van der Waals surface area contributed by atoms with Gasteiger partial charge in [0, 0.05) is 24.4 Å². The van der Waals surface area contributed by atoms with Gasteiger partial charge in [-0.1, -0.05) is 0 Å². The van der Waals surface area contributed by atoms with E-state index < -0.39 is 0 Å². The van der Waals surface area contributed by atoms with Crippen LogP contribution in [0.15, 0.2) is 18.2 Å². The minimum absolute atomic E-state index is 0.0864. The van der Waals surface area contributed by atoms with Crippen molar-refractivity contribution in [2.75, 3.05) is 12.1 Å². The first-order chi connectivity index (χ1) is 12.8. The van der Waals surface area contributed by atoms with Crippen molar-refractivity contribution in [1.82, 2.24) is 14.8 Å². The topological polar surface area (TPSA) is 95.3 Å². The van der Waals surface area contributed by atoms with Gasteiger partial charge in [-0.2, -0.15) is 5.10 Å². The largest absolute Gasteiger partial charge is 0.454 e. The summed E-state index contributed by atoms with van der Waals surface area (Å²) in [5, 5.41) is 7.88. The number of aromatic nitrogens is 3. The van der Waals surface area contributed by atoms with Crippen LogP contribution in [-0.4, -0.2) is 33.2 Å². The molecule has 1 aliphatic rings. The first kappa shape index (κ1) is 17.0. The number of benzene rings is 1. The maximum atomic E-state index is 13.1. The van der Waals surface area contributed by atoms with Gasteiger partial charge in [0.05, 0.1) is 22.3 Å². The van der Waals surface area contributed by atoms with Crippen molar-refractivity contribution in [2.24, 2.45) is 7.05 Å². The summed E-state index contributed by atoms with van der Waals surface area (Å²) in [6.07, 6.45) is 0. The smallest absolute Gasteiger partial charge is 0.256 e. The molecule has 0 unspecified atom stereocenters. The van der Waals surface area contributed by atoms with E-state index in [1.54, 1.807) is 29.9 Å². The highest BCUT2D eigenvalue weighted by atomic mass is 16.7. The summed E-state index contributed by atoms with van der Waals surface area (Å²) in [4.78, 5) is 29.6. The minimum atomic E-state index is -0.344. The number of fused-ring (bicyclic) bond motifs is 2. The van der Waals surface area contributed by atoms with E-state index >= 15 is 0 Å². The number of ketones is 1. The van der Waals surface area contributed by atoms with E-state index in [1.807, 2.05) is 13.8 Å². The summed E-state index contributed by atoms with van der Waals surface area (Å²) in [5.41, 5.74) is 3.24. The lowest BCUT2D eigenvalue weighted by Gasteiger charge is -2.12. The molecule has 0 bridgehead atoms. The number of nitrogens with zero attached hydrogens (tertiary/aromatic N) is 3. The SMILES string of the molecule is CC(=O)c1cc2c(cc1NC(=O)c1cc(C)nc3c1c(C)nn3C)OCO2. The second kappa shape index (κ2) is 6.08. The molecule has 27 heavy (non-hydrogen) atoms. The Balaban J connectivity index is 1.80. The summed E-state index contributed by atoms with van der Waals surface area (Å²) < 4.78 is 12.3. The highest BCUT2D eigenvalue weighted by Crippen LogP contribution is 2.37. The predicted octanol–water partition coefficient (Wildman–Crippen LogP) is 2.77. The number of hydrogen-bond donors (Lipinski definition) is 1. The first-order valence-corrected chi connectivity index (χ1v) is 8.42. The molecular weight excluding hydrogens is 348 g/mol. The van der Waals surface area contributed by atoms with Gasteiger partial charge >= 0.3 is 0 Å². The fourth-order valence-electron chi connectivity index (χ4n) is 3.28. The quantitative estimate of drug-likeness (QED) is 0.716. The van der Waals surface area contributed by atoms with E-state index in [1.165, 1.54) is 6.92 Å². The van der Waals surface area contributed by atoms with Crippen molar-refractivity contribution >= 4 is 28.4 Å². The summed E-state index contributed by atoms with van der Waals surface area (Å²) in [7, 11) is 1.79. The van der Waals surface area contributed by atoms with E-state index in [4.69, 9.17) is 9.47 Å². The van der Waals surface area contributed by atoms with Gasteiger partial charge in [-0.25, -0.2) is 4.98 Å². The second-order valence-corrected chi connectivity index (χ2v) is 6.48. The van der Waals surface area contributed by atoms with E-state index in [2.05, 4.69) is 15.4 Å². The standard InChI is InChI=1S/C19H18N4O4/c1-9-5-13(17-10(2)22-23(4)18(17)20-9)19(25)21-14-7-16-15(26-8-27-16)6-12(14)11(3)24/h5-7H,8H2,1-4H3,(H,21,25). The van der Waals surface area contributed by atoms with Gasteiger partial charge < -0.3 is 14.8 Å². The van der Waals surface area contributed by atoms with Gasteiger partial charge in [-0.3, -0.25) is 14.3 Å². The molecule has 0 fully saturated rings. The number of aryl methyl sites for hydroxylation is 3. The lowest BCUT2D eigenvalue weighted by atomic mass is 10.1. The molecule has 138 valence electrons. The Hall–Kier alpha value is -3.42. The number of pyridine rings is 1. The van der Waals surface area contributed by atoms with Gasteiger partial charge in [-0.05, 0) is 32.9 Å². The van der Waals surface area contributed by atoms with E-state index in [-0.39, 0.29) is 18.5 Å². The molecule has 8 heteroatoms. The summed E-state index contributed by atoms with van der Waals surface area (Å²) in [5.74, 6) is 0.451. The number of hydrogen-bond acceptors (Lipinski definition) is 6. The molecule has 1 N–H and O–H groups in total. The van der Waals surface area contributed by atoms with Crippen molar-refractivity contribution in [1.29, 1.82) is 0 Å². The number of rotatable bonds is 3. The third kappa shape index (κ3) is 2.79. The van der Waals surface area contributed by atoms with Crippen molar-refractivity contribution < 1.29 is 19.1 Å². The predicted molar refractivity (Wildman–Crippen MR) is 98.5 cm³/mol. The Kier molecular flexibility index (Phi) is 3.83. The number of Topliss-reactive ketones (excluding diaryl/α,β-unsaturated/α-hetero) is 1. The average molecular weight is 366 g/mol. The van der Waals surface area contributed by atoms with Gasteiger partial charge in [0.2, 0.25) is 6.79 Å². The summed E-state index contributed by atoms with van der Waals surface area (Å²) in [6.45, 7) is 5.17. The molecule has 1 aromatic carbocycles. The van der Waals surface area contributed by atoms with Gasteiger partial charge in [0.25, 0.3) is 5.91 Å². The highest BCUT2D eigenvalue weighted by molar-refractivity contribution is 6.15. The maximum Gasteiger partial charge on any atom is 0.256 e. The van der Waals surface area contributed by atoms with Crippen LogP contribution in [0.3, 0.4) is 0 Å². The molecule has 0 saturated carbocycles. The molecule has 8 nitrogen and oxygen atoms in total. The second-order valence-electron chi connectivity index (χ2n) is 6.48. The normalized spacial score (nSPS) is 12.4. The Morgan fingerprint density at radius 2 is 1.81 bits per heavy atom. The Bertz CT molecular complexity index is 1120. The summed E-state index contributed by atoms with van der Waals surface area (Å²) in [6, 6.07) is 4.91. The van der Waals surface area contributed by atoms with Gasteiger partial charge in [0.1, 0.15) is 0 Å². The fourth-order valence-corrected chi connectivity index (χ4v) is 3.28. The van der Waals surface area contributed by atoms with Crippen LogP contribution in [0.1, 0.15) is 39.0 Å². The summed E-state index contributed by atoms with van der Waals surface area (Å²) >= 11 is 0. The lowest BCUT2D eigenvalue weighted by molar-refractivity contribution is 0.101. The van der Waals surface area contributed by atoms with Gasteiger partial charge in [-0.15, -0.1) is 0 Å². The van der Waals surface area contributed by atoms with Crippen LogP contribution in [0.5, 0.6) is 11.5 Å². The molecule has 2 aromatic heterocycles. The van der Waals surface area contributed by atoms with Crippen LogP contribution in [0.2, 0.25) is 0 Å². The van der Waals surface area contributed by atoms with Crippen LogP contribution in [0.4, 0.5) is 5.69 Å². The van der Waals surface area contributed by atoms with Crippen LogP contribution in [0, 0.1) is 13.8 Å². The fraction of sp³-hybridized carbons (Fsp3) is 0.263. The zero-order valence-electron chi connectivity index (χ0n) is 15.4. The van der Waals surface area contributed by atoms with Crippen LogP contribution < -0.4 is 14.8 Å². The van der Waals surface area contributed by atoms with Crippen molar-refractivity contribution in [3.05, 3.63) is 40.7 Å². The zero-order valence-corrected chi connectivity index (χ0v) is 15.4. The highest BCUT2D eigenvalue weighted by Gasteiger charge is 2.23. The number of carbonyl (C=O) groups excluding carboxylic acids is 2. The van der Waals surface area contributed by atoms with Crippen molar-refractivity contribution in [2.45, 2.75) is 20.8 Å². The minimum Gasteiger partial charge on any atom is -0.454 e. The molecule has 0 radical (unpaired) electrons. The third-order valence-electron chi connectivity index (χ3n) is 4.48.